The lowest BCUT2D eigenvalue weighted by molar-refractivity contribution is 0.592. The Morgan fingerprint density at radius 1 is 1.19 bits per heavy atom. The van der Waals surface area contributed by atoms with Gasteiger partial charge in [0.2, 0.25) is 10.0 Å². The number of benzene rings is 2. The van der Waals surface area contributed by atoms with Crippen molar-refractivity contribution >= 4 is 21.4 Å². The van der Waals surface area contributed by atoms with Crippen molar-refractivity contribution in [2.24, 2.45) is 0 Å². The van der Waals surface area contributed by atoms with Crippen LogP contribution in [0.2, 0.25) is 0 Å². The highest BCUT2D eigenvalue weighted by Crippen LogP contribution is 2.30. The second kappa shape index (κ2) is 7.66. The molecule has 0 atom stereocenters. The van der Waals surface area contributed by atoms with Gasteiger partial charge in [0.1, 0.15) is 5.82 Å². The molecule has 0 radical (unpaired) electrons. The van der Waals surface area contributed by atoms with Gasteiger partial charge in [-0.3, -0.25) is 4.31 Å². The average Bonchev–Trinajstić information content (AvgIpc) is 2.60. The molecule has 0 fully saturated rings. The molecule has 0 saturated carbocycles. The van der Waals surface area contributed by atoms with E-state index in [0.717, 1.165) is 53.7 Å². The molecule has 0 aromatic heterocycles. The zero-order valence-electron chi connectivity index (χ0n) is 15.3. The van der Waals surface area contributed by atoms with Gasteiger partial charge in [-0.15, -0.1) is 0 Å². The number of hydrogen-bond donors (Lipinski definition) is 1. The summed E-state index contributed by atoms with van der Waals surface area (Å²) in [7, 11) is -3.28. The van der Waals surface area contributed by atoms with Gasteiger partial charge >= 0.3 is 0 Å². The smallest absolute Gasteiger partial charge is 0.232 e. The third-order valence-corrected chi connectivity index (χ3v) is 5.88. The zero-order valence-corrected chi connectivity index (χ0v) is 16.1. The van der Waals surface area contributed by atoms with E-state index in [4.69, 9.17) is 0 Å². The highest BCUT2D eigenvalue weighted by Gasteiger charge is 2.24. The maximum Gasteiger partial charge on any atom is 0.232 e. The summed E-state index contributed by atoms with van der Waals surface area (Å²) < 4.78 is 39.6. The Bertz CT molecular complexity index is 897. The fraction of sp³-hybridized carbons (Fsp3) is 0.400. The van der Waals surface area contributed by atoms with Gasteiger partial charge in [-0.25, -0.2) is 12.8 Å². The number of fused-ring (bicyclic) bond motifs is 1. The quantitative estimate of drug-likeness (QED) is 0.826. The van der Waals surface area contributed by atoms with E-state index >= 15 is 0 Å². The van der Waals surface area contributed by atoms with Crippen molar-refractivity contribution in [3.8, 4) is 0 Å². The molecule has 2 aromatic rings. The summed E-state index contributed by atoms with van der Waals surface area (Å²) in [5.74, 6) is -0.189. The van der Waals surface area contributed by atoms with Crippen LogP contribution in [-0.2, 0) is 29.4 Å². The molecule has 26 heavy (non-hydrogen) atoms. The van der Waals surface area contributed by atoms with Crippen LogP contribution >= 0.6 is 0 Å². The van der Waals surface area contributed by atoms with Crippen LogP contribution in [-0.4, -0.2) is 21.2 Å². The van der Waals surface area contributed by atoms with E-state index in [0.29, 0.717) is 13.1 Å². The van der Waals surface area contributed by atoms with E-state index in [2.05, 4.69) is 5.32 Å². The van der Waals surface area contributed by atoms with Crippen molar-refractivity contribution in [2.45, 2.75) is 39.2 Å². The molecule has 0 bridgehead atoms. The van der Waals surface area contributed by atoms with Gasteiger partial charge in [0.15, 0.2) is 0 Å². The predicted molar refractivity (Wildman–Crippen MR) is 105 cm³/mol. The first-order valence-corrected chi connectivity index (χ1v) is 10.8. The highest BCUT2D eigenvalue weighted by atomic mass is 32.2. The highest BCUT2D eigenvalue weighted by molar-refractivity contribution is 7.92. The summed E-state index contributed by atoms with van der Waals surface area (Å²) in [4.78, 5) is 0. The molecule has 4 nitrogen and oxygen atoms in total. The third-order valence-electron chi connectivity index (χ3n) is 4.70. The Hall–Kier alpha value is -2.08. The van der Waals surface area contributed by atoms with Crippen molar-refractivity contribution in [2.75, 3.05) is 22.4 Å². The fourth-order valence-corrected chi connectivity index (χ4v) is 4.36. The predicted octanol–water partition coefficient (Wildman–Crippen LogP) is 4.10. The summed E-state index contributed by atoms with van der Waals surface area (Å²) in [6, 6.07) is 11.1. The lowest BCUT2D eigenvalue weighted by Crippen LogP contribution is -2.34. The Labute approximate surface area is 155 Å². The minimum atomic E-state index is -3.28. The van der Waals surface area contributed by atoms with E-state index in [1.165, 1.54) is 16.6 Å². The normalized spacial score (nSPS) is 14.2. The van der Waals surface area contributed by atoms with Gasteiger partial charge in [0.05, 0.1) is 11.9 Å². The van der Waals surface area contributed by atoms with E-state index in [1.807, 2.05) is 37.3 Å². The van der Waals surface area contributed by atoms with Gasteiger partial charge < -0.3 is 5.32 Å². The van der Waals surface area contributed by atoms with Crippen molar-refractivity contribution < 1.29 is 12.8 Å². The summed E-state index contributed by atoms with van der Waals surface area (Å²) >= 11 is 0. The first kappa shape index (κ1) is 18.7. The molecule has 0 aliphatic carbocycles. The molecule has 140 valence electrons. The number of halogens is 1. The Balaban J connectivity index is 1.76. The topological polar surface area (TPSA) is 49.4 Å². The summed E-state index contributed by atoms with van der Waals surface area (Å²) in [6.07, 6.45) is 4.61. The van der Waals surface area contributed by atoms with Crippen LogP contribution in [0.25, 0.3) is 0 Å². The summed E-state index contributed by atoms with van der Waals surface area (Å²) in [6.45, 7) is 3.06. The van der Waals surface area contributed by atoms with E-state index in [9.17, 15) is 12.8 Å². The Kier molecular flexibility index (Phi) is 5.51. The summed E-state index contributed by atoms with van der Waals surface area (Å²) in [5.41, 5.74) is 4.25. The van der Waals surface area contributed by atoms with Crippen LogP contribution < -0.4 is 9.62 Å². The summed E-state index contributed by atoms with van der Waals surface area (Å²) in [5, 5.41) is 3.22. The number of rotatable bonds is 6. The van der Waals surface area contributed by atoms with Crippen molar-refractivity contribution in [1.29, 1.82) is 0 Å². The number of anilines is 2. The molecule has 6 heteroatoms. The van der Waals surface area contributed by atoms with Crippen molar-refractivity contribution in [3.05, 3.63) is 58.9 Å². The van der Waals surface area contributed by atoms with Gasteiger partial charge in [-0.2, -0.15) is 0 Å². The van der Waals surface area contributed by atoms with Crippen LogP contribution in [0.1, 0.15) is 36.5 Å². The van der Waals surface area contributed by atoms with Gasteiger partial charge in [0, 0.05) is 18.8 Å². The zero-order chi connectivity index (χ0) is 18.7. The molecular formula is C20H25FN2O2S. The number of sulfonamides is 1. The minimum Gasteiger partial charge on any atom is -0.381 e. The maximum atomic E-state index is 14.1. The largest absolute Gasteiger partial charge is 0.381 e. The van der Waals surface area contributed by atoms with Crippen molar-refractivity contribution in [1.82, 2.24) is 0 Å². The molecule has 3 rings (SSSR count). The van der Waals surface area contributed by atoms with E-state index < -0.39 is 10.0 Å². The number of nitrogens with zero attached hydrogens (tertiary/aromatic N) is 1. The molecule has 1 aliphatic heterocycles. The molecule has 0 spiro atoms. The lowest BCUT2D eigenvalue weighted by atomic mass is 10.0. The lowest BCUT2D eigenvalue weighted by Gasteiger charge is -2.29. The van der Waals surface area contributed by atoms with Crippen LogP contribution in [0.3, 0.4) is 0 Å². The minimum absolute atomic E-state index is 0.189. The molecule has 0 amide bonds. The molecule has 0 unspecified atom stereocenters. The second-order valence-corrected chi connectivity index (χ2v) is 8.72. The molecule has 0 saturated heterocycles. The second-order valence-electron chi connectivity index (χ2n) is 6.81. The van der Waals surface area contributed by atoms with Crippen molar-refractivity contribution in [3.63, 3.8) is 0 Å². The SMILES string of the molecule is CCCc1ccc(NCc2ccc3c(c2)N(S(C)(=O)=O)CCC3)cc1F. The Morgan fingerprint density at radius 3 is 2.69 bits per heavy atom. The number of hydrogen-bond acceptors (Lipinski definition) is 3. The van der Waals surface area contributed by atoms with Crippen LogP contribution in [0.4, 0.5) is 15.8 Å². The first-order chi connectivity index (χ1) is 12.4. The van der Waals surface area contributed by atoms with Gasteiger partial charge in [-0.05, 0) is 54.2 Å². The number of nitrogens with one attached hydrogen (secondary N) is 1. The van der Waals surface area contributed by atoms with E-state index in [1.54, 1.807) is 0 Å². The molecule has 1 N–H and O–H groups in total. The first-order valence-electron chi connectivity index (χ1n) is 9.00. The Morgan fingerprint density at radius 2 is 2.00 bits per heavy atom. The monoisotopic (exact) mass is 376 g/mol. The molecule has 2 aromatic carbocycles. The maximum absolute atomic E-state index is 14.1. The number of aryl methyl sites for hydroxylation is 2. The van der Waals surface area contributed by atoms with Crippen LogP contribution in [0.15, 0.2) is 36.4 Å². The van der Waals surface area contributed by atoms with Gasteiger partial charge in [-0.1, -0.05) is 31.5 Å². The van der Waals surface area contributed by atoms with Crippen LogP contribution in [0, 0.1) is 5.82 Å². The van der Waals surface area contributed by atoms with Gasteiger partial charge in [0.25, 0.3) is 0 Å². The van der Waals surface area contributed by atoms with E-state index in [-0.39, 0.29) is 5.82 Å². The fourth-order valence-electron chi connectivity index (χ4n) is 3.37. The third kappa shape index (κ3) is 4.18. The molecule has 1 heterocycles. The average molecular weight is 376 g/mol. The van der Waals surface area contributed by atoms with Crippen LogP contribution in [0.5, 0.6) is 0 Å². The standard InChI is InChI=1S/C20H25FN2O2S/c1-3-5-16-9-10-18(13-19(16)21)22-14-15-7-8-17-6-4-11-23(20(17)12-15)26(2,24)25/h7-10,12-13,22H,3-6,11,14H2,1-2H3. The molecule has 1 aliphatic rings. The molecular weight excluding hydrogens is 351 g/mol.